The summed E-state index contributed by atoms with van der Waals surface area (Å²) in [6, 6.07) is 0. The van der Waals surface area contributed by atoms with E-state index in [1.807, 2.05) is 6.92 Å². The highest BCUT2D eigenvalue weighted by Crippen LogP contribution is 2.16. The van der Waals surface area contributed by atoms with Crippen LogP contribution in [-0.4, -0.2) is 25.7 Å². The predicted octanol–water partition coefficient (Wildman–Crippen LogP) is 2.14. The third kappa shape index (κ3) is 6.74. The molecule has 1 aliphatic rings. The van der Waals surface area contributed by atoms with Crippen LogP contribution in [0.4, 0.5) is 0 Å². The lowest BCUT2D eigenvalue weighted by atomic mass is 9.94. The summed E-state index contributed by atoms with van der Waals surface area (Å²) in [5.74, 6) is 0.731. The van der Waals surface area contributed by atoms with E-state index >= 15 is 0 Å². The van der Waals surface area contributed by atoms with Gasteiger partial charge in [0.25, 0.3) is 0 Å². The SMILES string of the molecule is CCOC(=O)CCCC1CCCNC1.Cl. The second-order valence-electron chi connectivity index (χ2n) is 3.91. The molecule has 0 saturated carbocycles. The summed E-state index contributed by atoms with van der Waals surface area (Å²) in [7, 11) is 0. The average Bonchev–Trinajstić information content (AvgIpc) is 2.20. The third-order valence-electron chi connectivity index (χ3n) is 2.70. The van der Waals surface area contributed by atoms with Crippen molar-refractivity contribution in [1.29, 1.82) is 0 Å². The molecule has 1 saturated heterocycles. The molecule has 0 aromatic rings. The lowest BCUT2D eigenvalue weighted by Crippen LogP contribution is -2.29. The first-order valence-electron chi connectivity index (χ1n) is 5.69. The first kappa shape index (κ1) is 14.7. The minimum Gasteiger partial charge on any atom is -0.466 e. The summed E-state index contributed by atoms with van der Waals surface area (Å²) in [5, 5.41) is 3.38. The predicted molar refractivity (Wildman–Crippen MR) is 63.3 cm³/mol. The maximum Gasteiger partial charge on any atom is 0.305 e. The smallest absolute Gasteiger partial charge is 0.305 e. The third-order valence-corrected chi connectivity index (χ3v) is 2.70. The summed E-state index contributed by atoms with van der Waals surface area (Å²) >= 11 is 0. The summed E-state index contributed by atoms with van der Waals surface area (Å²) in [5.41, 5.74) is 0. The van der Waals surface area contributed by atoms with E-state index in [1.54, 1.807) is 0 Å². The number of hydrogen-bond acceptors (Lipinski definition) is 3. The number of ether oxygens (including phenoxy) is 1. The van der Waals surface area contributed by atoms with Crippen molar-refractivity contribution < 1.29 is 9.53 Å². The minimum absolute atomic E-state index is 0. The molecule has 0 bridgehead atoms. The quantitative estimate of drug-likeness (QED) is 0.742. The summed E-state index contributed by atoms with van der Waals surface area (Å²) in [6.45, 7) is 4.64. The molecule has 1 fully saturated rings. The van der Waals surface area contributed by atoms with Crippen LogP contribution in [0.25, 0.3) is 0 Å². The molecule has 1 N–H and O–H groups in total. The van der Waals surface area contributed by atoms with E-state index < -0.39 is 0 Å². The van der Waals surface area contributed by atoms with Gasteiger partial charge in [0.2, 0.25) is 0 Å². The molecule has 1 unspecified atom stereocenters. The van der Waals surface area contributed by atoms with Crippen LogP contribution in [-0.2, 0) is 9.53 Å². The fraction of sp³-hybridized carbons (Fsp3) is 0.909. The second-order valence-corrected chi connectivity index (χ2v) is 3.91. The molecule has 1 atom stereocenters. The highest BCUT2D eigenvalue weighted by Gasteiger charge is 2.13. The molecule has 0 aromatic heterocycles. The molecule has 1 rings (SSSR count). The van der Waals surface area contributed by atoms with Gasteiger partial charge in [-0.15, -0.1) is 12.4 Å². The summed E-state index contributed by atoms with van der Waals surface area (Å²) < 4.78 is 4.88. The molecule has 0 aromatic carbocycles. The van der Waals surface area contributed by atoms with E-state index in [9.17, 15) is 4.79 Å². The van der Waals surface area contributed by atoms with Gasteiger partial charge in [0, 0.05) is 6.42 Å². The highest BCUT2D eigenvalue weighted by molar-refractivity contribution is 5.85. The van der Waals surface area contributed by atoms with Gasteiger partial charge in [-0.3, -0.25) is 4.79 Å². The standard InChI is InChI=1S/C11H21NO2.ClH/c1-2-14-11(13)7-3-5-10-6-4-8-12-9-10;/h10,12H,2-9H2,1H3;1H. The number of carbonyl (C=O) groups excluding carboxylic acids is 1. The number of carbonyl (C=O) groups is 1. The van der Waals surface area contributed by atoms with Crippen molar-refractivity contribution in [3.8, 4) is 0 Å². The Balaban J connectivity index is 0.00000196. The van der Waals surface area contributed by atoms with Crippen LogP contribution in [0.1, 0.15) is 39.0 Å². The van der Waals surface area contributed by atoms with Crippen molar-refractivity contribution in [2.45, 2.75) is 39.0 Å². The Morgan fingerprint density at radius 1 is 1.53 bits per heavy atom. The van der Waals surface area contributed by atoms with E-state index in [4.69, 9.17) is 4.74 Å². The Morgan fingerprint density at radius 3 is 2.93 bits per heavy atom. The van der Waals surface area contributed by atoms with Crippen LogP contribution in [0.5, 0.6) is 0 Å². The summed E-state index contributed by atoms with van der Waals surface area (Å²) in [6.07, 6.45) is 5.32. The zero-order valence-corrected chi connectivity index (χ0v) is 10.3. The second kappa shape index (κ2) is 8.98. The average molecular weight is 236 g/mol. The molecule has 15 heavy (non-hydrogen) atoms. The van der Waals surface area contributed by atoms with Gasteiger partial charge in [0.1, 0.15) is 0 Å². The van der Waals surface area contributed by atoms with Crippen LogP contribution < -0.4 is 5.32 Å². The molecule has 0 radical (unpaired) electrons. The Bertz CT molecular complexity index is 170. The van der Waals surface area contributed by atoms with Gasteiger partial charge < -0.3 is 10.1 Å². The van der Waals surface area contributed by atoms with Gasteiger partial charge >= 0.3 is 5.97 Å². The van der Waals surface area contributed by atoms with E-state index in [1.165, 1.54) is 12.8 Å². The van der Waals surface area contributed by atoms with Gasteiger partial charge in [-0.25, -0.2) is 0 Å². The first-order valence-corrected chi connectivity index (χ1v) is 5.69. The van der Waals surface area contributed by atoms with Gasteiger partial charge in [-0.2, -0.15) is 0 Å². The van der Waals surface area contributed by atoms with E-state index in [2.05, 4.69) is 5.32 Å². The zero-order valence-electron chi connectivity index (χ0n) is 9.46. The molecule has 1 heterocycles. The topological polar surface area (TPSA) is 38.3 Å². The van der Waals surface area contributed by atoms with Crippen LogP contribution in [0.15, 0.2) is 0 Å². The van der Waals surface area contributed by atoms with Crippen molar-refractivity contribution in [1.82, 2.24) is 5.32 Å². The summed E-state index contributed by atoms with van der Waals surface area (Å²) in [4.78, 5) is 11.0. The molecule has 0 aliphatic carbocycles. The Kier molecular flexibility index (Phi) is 8.82. The van der Waals surface area contributed by atoms with Crippen LogP contribution >= 0.6 is 12.4 Å². The molecule has 1 aliphatic heterocycles. The Morgan fingerprint density at radius 2 is 2.33 bits per heavy atom. The van der Waals surface area contributed by atoms with E-state index in [0.717, 1.165) is 31.8 Å². The number of rotatable bonds is 5. The van der Waals surface area contributed by atoms with E-state index in [0.29, 0.717) is 13.0 Å². The van der Waals surface area contributed by atoms with Crippen molar-refractivity contribution in [2.24, 2.45) is 5.92 Å². The van der Waals surface area contributed by atoms with Crippen molar-refractivity contribution in [2.75, 3.05) is 19.7 Å². The van der Waals surface area contributed by atoms with Crippen LogP contribution in [0, 0.1) is 5.92 Å². The fourth-order valence-electron chi connectivity index (χ4n) is 1.94. The minimum atomic E-state index is -0.0451. The number of nitrogens with one attached hydrogen (secondary N) is 1. The molecular weight excluding hydrogens is 214 g/mol. The molecule has 4 heteroatoms. The zero-order chi connectivity index (χ0) is 10.2. The number of piperidine rings is 1. The molecule has 3 nitrogen and oxygen atoms in total. The number of esters is 1. The Labute approximate surface area is 98.4 Å². The molecule has 90 valence electrons. The monoisotopic (exact) mass is 235 g/mol. The van der Waals surface area contributed by atoms with Crippen molar-refractivity contribution in [3.05, 3.63) is 0 Å². The lowest BCUT2D eigenvalue weighted by molar-refractivity contribution is -0.143. The van der Waals surface area contributed by atoms with Gasteiger partial charge in [-0.05, 0) is 51.6 Å². The molecular formula is C11H22ClNO2. The van der Waals surface area contributed by atoms with Crippen molar-refractivity contribution in [3.63, 3.8) is 0 Å². The van der Waals surface area contributed by atoms with Crippen LogP contribution in [0.3, 0.4) is 0 Å². The normalized spacial score (nSPS) is 20.5. The Hall–Kier alpha value is -0.280. The van der Waals surface area contributed by atoms with Gasteiger partial charge in [-0.1, -0.05) is 0 Å². The maximum absolute atomic E-state index is 11.0. The highest BCUT2D eigenvalue weighted by atomic mass is 35.5. The molecule has 0 spiro atoms. The first-order chi connectivity index (χ1) is 6.83. The molecule has 0 amide bonds. The fourth-order valence-corrected chi connectivity index (χ4v) is 1.94. The number of halogens is 1. The van der Waals surface area contributed by atoms with Gasteiger partial charge in [0.15, 0.2) is 0 Å². The van der Waals surface area contributed by atoms with E-state index in [-0.39, 0.29) is 18.4 Å². The number of hydrogen-bond donors (Lipinski definition) is 1. The van der Waals surface area contributed by atoms with Gasteiger partial charge in [0.05, 0.1) is 6.61 Å². The largest absolute Gasteiger partial charge is 0.466 e. The van der Waals surface area contributed by atoms with Crippen molar-refractivity contribution >= 4 is 18.4 Å². The maximum atomic E-state index is 11.0. The van der Waals surface area contributed by atoms with Crippen LogP contribution in [0.2, 0.25) is 0 Å². The lowest BCUT2D eigenvalue weighted by Gasteiger charge is -2.22.